The number of allylic oxidation sites excluding steroid dienone is 1. The van der Waals surface area contributed by atoms with Crippen LogP contribution in [-0.2, 0) is 0 Å². The summed E-state index contributed by atoms with van der Waals surface area (Å²) in [7, 11) is 3.73. The van der Waals surface area contributed by atoms with Gasteiger partial charge in [-0.15, -0.1) is 11.3 Å². The van der Waals surface area contributed by atoms with Crippen molar-refractivity contribution in [3.63, 3.8) is 0 Å². The monoisotopic (exact) mass is 339 g/mol. The number of carbonyl (C=O) groups is 1. The summed E-state index contributed by atoms with van der Waals surface area (Å²) in [5.74, 6) is -0.0913. The van der Waals surface area contributed by atoms with E-state index >= 15 is 0 Å². The molecule has 0 aliphatic rings. The van der Waals surface area contributed by atoms with E-state index in [0.29, 0.717) is 25.6 Å². The molecule has 4 nitrogen and oxygen atoms in total. The number of nitrogens with zero attached hydrogens (tertiary/aromatic N) is 3. The Hall–Kier alpha value is -1.37. The fourth-order valence-electron chi connectivity index (χ4n) is 1.66. The highest BCUT2D eigenvalue weighted by molar-refractivity contribution is 7.98. The number of hydrogen-bond acceptors (Lipinski definition) is 6. The van der Waals surface area contributed by atoms with Gasteiger partial charge in [0.1, 0.15) is 0 Å². The fourth-order valence-corrected chi connectivity index (χ4v) is 3.01. The van der Waals surface area contributed by atoms with Gasteiger partial charge in [-0.05, 0) is 24.5 Å². The van der Waals surface area contributed by atoms with Gasteiger partial charge in [-0.3, -0.25) is 4.79 Å². The number of thioether (sulfide) groups is 1. The van der Waals surface area contributed by atoms with E-state index in [2.05, 4.69) is 9.97 Å². The molecule has 2 aromatic heterocycles. The summed E-state index contributed by atoms with van der Waals surface area (Å²) in [5, 5.41) is 0.633. The molecule has 0 spiro atoms. The lowest BCUT2D eigenvalue weighted by Gasteiger charge is -2.10. The first kappa shape index (κ1) is 16.0. The lowest BCUT2D eigenvalue weighted by molar-refractivity contribution is 0.105. The topological polar surface area (TPSA) is 46.1 Å². The maximum absolute atomic E-state index is 12.7. The third-order valence-electron chi connectivity index (χ3n) is 2.52. The Bertz CT molecular complexity index is 682. The van der Waals surface area contributed by atoms with Gasteiger partial charge in [0.15, 0.2) is 5.16 Å². The van der Waals surface area contributed by atoms with Crippen molar-refractivity contribution in [2.45, 2.75) is 5.16 Å². The van der Waals surface area contributed by atoms with Crippen LogP contribution in [0.1, 0.15) is 15.4 Å². The average Bonchev–Trinajstić information content (AvgIpc) is 2.90. The summed E-state index contributed by atoms with van der Waals surface area (Å²) in [5.41, 5.74) is 1.13. The van der Waals surface area contributed by atoms with Crippen LogP contribution in [0, 0.1) is 0 Å². The summed E-state index contributed by atoms with van der Waals surface area (Å²) in [6.45, 7) is 0. The molecule has 21 heavy (non-hydrogen) atoms. The van der Waals surface area contributed by atoms with Crippen molar-refractivity contribution in [3.8, 4) is 0 Å². The summed E-state index contributed by atoms with van der Waals surface area (Å²) >= 11 is 8.62. The Morgan fingerprint density at radius 3 is 2.71 bits per heavy atom. The summed E-state index contributed by atoms with van der Waals surface area (Å²) in [4.78, 5) is 23.6. The van der Waals surface area contributed by atoms with Gasteiger partial charge < -0.3 is 4.90 Å². The van der Waals surface area contributed by atoms with Crippen LogP contribution in [0.4, 0.5) is 0 Å². The van der Waals surface area contributed by atoms with Gasteiger partial charge in [-0.25, -0.2) is 9.97 Å². The van der Waals surface area contributed by atoms with Crippen molar-refractivity contribution in [1.82, 2.24) is 14.9 Å². The lowest BCUT2D eigenvalue weighted by atomic mass is 10.1. The van der Waals surface area contributed by atoms with E-state index in [1.807, 2.05) is 25.3 Å². The number of halogens is 1. The minimum absolute atomic E-state index is 0.0913. The van der Waals surface area contributed by atoms with E-state index in [9.17, 15) is 4.79 Å². The van der Waals surface area contributed by atoms with Gasteiger partial charge in [0, 0.05) is 26.5 Å². The van der Waals surface area contributed by atoms with Crippen molar-refractivity contribution in [2.75, 3.05) is 20.4 Å². The first-order valence-corrected chi connectivity index (χ1v) is 8.49. The summed E-state index contributed by atoms with van der Waals surface area (Å²) < 4.78 is 0.593. The molecule has 2 aromatic rings. The number of ketones is 1. The zero-order valence-electron chi connectivity index (χ0n) is 11.8. The predicted octanol–water partition coefficient (Wildman–Crippen LogP) is 3.70. The van der Waals surface area contributed by atoms with Crippen LogP contribution < -0.4 is 0 Å². The van der Waals surface area contributed by atoms with Gasteiger partial charge in [0.25, 0.3) is 0 Å². The van der Waals surface area contributed by atoms with Crippen LogP contribution in [0.25, 0.3) is 5.57 Å². The first-order chi connectivity index (χ1) is 10.0. The Morgan fingerprint density at radius 1 is 1.38 bits per heavy atom. The van der Waals surface area contributed by atoms with Crippen LogP contribution >= 0.6 is 34.7 Å². The van der Waals surface area contributed by atoms with Crippen molar-refractivity contribution in [2.24, 2.45) is 0 Å². The molecule has 0 N–H and O–H groups in total. The van der Waals surface area contributed by atoms with Crippen LogP contribution in [-0.4, -0.2) is 41.0 Å². The Kier molecular flexibility index (Phi) is 5.39. The SMILES string of the molecule is CSc1nccc(C(=CN(C)C)C(=O)c2ccc(Cl)s2)n1. The van der Waals surface area contributed by atoms with Crippen molar-refractivity contribution in [1.29, 1.82) is 0 Å². The minimum Gasteiger partial charge on any atom is -0.383 e. The Labute approximate surface area is 136 Å². The van der Waals surface area contributed by atoms with E-state index in [1.54, 1.807) is 30.6 Å². The number of carbonyl (C=O) groups excluding carboxylic acids is 1. The molecule has 110 valence electrons. The quantitative estimate of drug-likeness (QED) is 0.360. The second-order valence-corrected chi connectivity index (χ2v) is 6.86. The maximum Gasteiger partial charge on any atom is 0.206 e. The Morgan fingerprint density at radius 2 is 2.14 bits per heavy atom. The number of thiophene rings is 1. The smallest absolute Gasteiger partial charge is 0.206 e. The molecular weight excluding hydrogens is 326 g/mol. The number of hydrogen-bond donors (Lipinski definition) is 0. The van der Waals surface area contributed by atoms with Crippen LogP contribution in [0.2, 0.25) is 4.34 Å². The maximum atomic E-state index is 12.7. The van der Waals surface area contributed by atoms with Gasteiger partial charge in [0.2, 0.25) is 5.78 Å². The molecule has 0 saturated carbocycles. The summed E-state index contributed by atoms with van der Waals surface area (Å²) in [6, 6.07) is 5.19. The number of Topliss-reactive ketones (excluding diaryl/α,β-unsaturated/α-hetero) is 1. The highest BCUT2D eigenvalue weighted by Gasteiger charge is 2.18. The normalized spacial score (nSPS) is 11.5. The van der Waals surface area contributed by atoms with Crippen molar-refractivity contribution >= 4 is 46.1 Å². The molecule has 0 aromatic carbocycles. The minimum atomic E-state index is -0.0913. The zero-order valence-corrected chi connectivity index (χ0v) is 14.2. The van der Waals surface area contributed by atoms with E-state index in [0.717, 1.165) is 0 Å². The van der Waals surface area contributed by atoms with E-state index in [-0.39, 0.29) is 5.78 Å². The van der Waals surface area contributed by atoms with Crippen molar-refractivity contribution in [3.05, 3.63) is 45.5 Å². The van der Waals surface area contributed by atoms with E-state index in [4.69, 9.17) is 11.6 Å². The zero-order chi connectivity index (χ0) is 15.4. The molecule has 0 bridgehead atoms. The largest absolute Gasteiger partial charge is 0.383 e. The van der Waals surface area contributed by atoms with Crippen LogP contribution in [0.15, 0.2) is 35.8 Å². The van der Waals surface area contributed by atoms with Gasteiger partial charge in [-0.1, -0.05) is 23.4 Å². The highest BCUT2D eigenvalue weighted by atomic mass is 35.5. The molecule has 7 heteroatoms. The molecule has 2 heterocycles. The second-order valence-electron chi connectivity index (χ2n) is 4.37. The standard InChI is InChI=1S/C14H14ClN3OS2/c1-18(2)8-9(10-6-7-16-14(17-10)20-3)13(19)11-4-5-12(15)21-11/h4-8H,1-3H3. The van der Waals surface area contributed by atoms with Gasteiger partial charge in [0.05, 0.1) is 20.5 Å². The fraction of sp³-hybridized carbons (Fsp3) is 0.214. The van der Waals surface area contributed by atoms with Gasteiger partial charge in [-0.2, -0.15) is 0 Å². The van der Waals surface area contributed by atoms with E-state index in [1.165, 1.54) is 23.1 Å². The summed E-state index contributed by atoms with van der Waals surface area (Å²) in [6.07, 6.45) is 5.32. The second kappa shape index (κ2) is 7.06. The van der Waals surface area contributed by atoms with Crippen molar-refractivity contribution < 1.29 is 4.79 Å². The first-order valence-electron chi connectivity index (χ1n) is 6.07. The molecule has 2 rings (SSSR count). The molecule has 0 saturated heterocycles. The van der Waals surface area contributed by atoms with E-state index < -0.39 is 0 Å². The molecule has 0 unspecified atom stereocenters. The number of aromatic nitrogens is 2. The lowest BCUT2D eigenvalue weighted by Crippen LogP contribution is -2.10. The highest BCUT2D eigenvalue weighted by Crippen LogP contribution is 2.27. The molecule has 0 aliphatic carbocycles. The number of rotatable bonds is 5. The third-order valence-corrected chi connectivity index (χ3v) is 4.31. The Balaban J connectivity index is 2.46. The third kappa shape index (κ3) is 4.06. The molecule has 0 atom stereocenters. The molecular formula is C14H14ClN3OS2. The average molecular weight is 340 g/mol. The molecule has 0 aliphatic heterocycles. The molecule has 0 fully saturated rings. The van der Waals surface area contributed by atoms with Crippen LogP contribution in [0.5, 0.6) is 0 Å². The molecule has 0 radical (unpaired) electrons. The van der Waals surface area contributed by atoms with Gasteiger partial charge >= 0.3 is 0 Å². The predicted molar refractivity (Wildman–Crippen MR) is 89.1 cm³/mol. The molecule has 0 amide bonds. The van der Waals surface area contributed by atoms with Crippen LogP contribution in [0.3, 0.4) is 0 Å².